The van der Waals surface area contributed by atoms with Gasteiger partial charge in [0.1, 0.15) is 5.82 Å². The normalized spacial score (nSPS) is 24.0. The molecule has 1 aliphatic rings. The van der Waals surface area contributed by atoms with Gasteiger partial charge in [0.15, 0.2) is 0 Å². The molecule has 0 bridgehead atoms. The van der Waals surface area contributed by atoms with Crippen molar-refractivity contribution in [1.82, 2.24) is 0 Å². The number of benzene rings is 1. The number of hydrogen-bond donors (Lipinski definition) is 0. The lowest BCUT2D eigenvalue weighted by molar-refractivity contribution is 0.336. The lowest BCUT2D eigenvalue weighted by atomic mass is 9.86. The van der Waals surface area contributed by atoms with Crippen LogP contribution in [0.3, 0.4) is 0 Å². The smallest absolute Gasteiger partial charge is 0.123 e. The molecular formula is C15H21BrFN. The summed E-state index contributed by atoms with van der Waals surface area (Å²) >= 11 is 3.45. The van der Waals surface area contributed by atoms with Crippen LogP contribution in [0.1, 0.15) is 38.2 Å². The molecule has 2 atom stereocenters. The number of nitrogens with zero attached hydrogens (tertiary/aromatic N) is 1. The van der Waals surface area contributed by atoms with Gasteiger partial charge >= 0.3 is 0 Å². The fourth-order valence-corrected chi connectivity index (χ4v) is 3.40. The van der Waals surface area contributed by atoms with Crippen LogP contribution < -0.4 is 4.90 Å². The Labute approximate surface area is 118 Å². The zero-order valence-corrected chi connectivity index (χ0v) is 12.7. The van der Waals surface area contributed by atoms with Crippen molar-refractivity contribution in [1.29, 1.82) is 0 Å². The number of alkyl halides is 1. The summed E-state index contributed by atoms with van der Waals surface area (Å²) < 4.78 is 13.3. The number of halogens is 2. The SMILES string of the molecule is CC1CCCC(N(C)c2ccc(F)cc2CBr)C1. The van der Waals surface area contributed by atoms with Crippen LogP contribution in [0, 0.1) is 11.7 Å². The van der Waals surface area contributed by atoms with Gasteiger partial charge in [-0.2, -0.15) is 0 Å². The van der Waals surface area contributed by atoms with Gasteiger partial charge in [-0.3, -0.25) is 0 Å². The van der Waals surface area contributed by atoms with Gasteiger partial charge < -0.3 is 4.90 Å². The second-order valence-electron chi connectivity index (χ2n) is 5.44. The zero-order chi connectivity index (χ0) is 13.1. The molecule has 1 nitrogen and oxygen atoms in total. The quantitative estimate of drug-likeness (QED) is 0.729. The summed E-state index contributed by atoms with van der Waals surface area (Å²) in [4.78, 5) is 2.34. The molecule has 0 amide bonds. The third-order valence-corrected chi connectivity index (χ3v) is 4.63. The van der Waals surface area contributed by atoms with Gasteiger partial charge in [-0.15, -0.1) is 0 Å². The molecule has 0 spiro atoms. The molecule has 0 heterocycles. The van der Waals surface area contributed by atoms with E-state index >= 15 is 0 Å². The molecule has 0 radical (unpaired) electrons. The number of anilines is 1. The standard InChI is InChI=1S/C15H21BrFN/c1-11-4-3-5-14(8-11)18(2)15-7-6-13(17)9-12(15)10-16/h6-7,9,11,14H,3-5,8,10H2,1-2H3. The highest BCUT2D eigenvalue weighted by Crippen LogP contribution is 2.32. The molecular weight excluding hydrogens is 293 g/mol. The second kappa shape index (κ2) is 6.05. The summed E-state index contributed by atoms with van der Waals surface area (Å²) in [5.74, 6) is 0.651. The monoisotopic (exact) mass is 313 g/mol. The molecule has 100 valence electrons. The molecule has 1 aromatic rings. The van der Waals surface area contributed by atoms with Crippen molar-refractivity contribution in [2.75, 3.05) is 11.9 Å². The Kier molecular flexibility index (Phi) is 4.66. The Balaban J connectivity index is 2.19. The fraction of sp³-hybridized carbons (Fsp3) is 0.600. The van der Waals surface area contributed by atoms with E-state index in [0.717, 1.165) is 17.2 Å². The van der Waals surface area contributed by atoms with Crippen LogP contribution in [0.5, 0.6) is 0 Å². The van der Waals surface area contributed by atoms with Crippen molar-refractivity contribution < 1.29 is 4.39 Å². The van der Waals surface area contributed by atoms with Crippen LogP contribution in [-0.2, 0) is 5.33 Å². The summed E-state index contributed by atoms with van der Waals surface area (Å²) in [5.41, 5.74) is 2.20. The summed E-state index contributed by atoms with van der Waals surface area (Å²) in [5, 5.41) is 0.701. The Morgan fingerprint density at radius 1 is 1.39 bits per heavy atom. The van der Waals surface area contributed by atoms with E-state index in [2.05, 4.69) is 34.8 Å². The van der Waals surface area contributed by atoms with E-state index in [1.807, 2.05) is 6.07 Å². The molecule has 1 aliphatic carbocycles. The first-order valence-electron chi connectivity index (χ1n) is 6.69. The van der Waals surface area contributed by atoms with Crippen LogP contribution in [0.4, 0.5) is 10.1 Å². The van der Waals surface area contributed by atoms with Crippen molar-refractivity contribution in [2.45, 2.75) is 44.0 Å². The molecule has 1 fully saturated rings. The maximum atomic E-state index is 13.3. The average Bonchev–Trinajstić information content (AvgIpc) is 2.37. The van der Waals surface area contributed by atoms with Gasteiger partial charge in [0.25, 0.3) is 0 Å². The predicted octanol–water partition coefficient (Wildman–Crippen LogP) is 4.74. The first-order valence-corrected chi connectivity index (χ1v) is 7.81. The minimum atomic E-state index is -0.154. The number of rotatable bonds is 3. The van der Waals surface area contributed by atoms with Crippen molar-refractivity contribution in [2.24, 2.45) is 5.92 Å². The molecule has 18 heavy (non-hydrogen) atoms. The van der Waals surface area contributed by atoms with Gasteiger partial charge in [0.05, 0.1) is 0 Å². The molecule has 2 unspecified atom stereocenters. The Bertz CT molecular complexity index is 407. The van der Waals surface area contributed by atoms with Crippen LogP contribution in [0.2, 0.25) is 0 Å². The van der Waals surface area contributed by atoms with Crippen molar-refractivity contribution in [3.63, 3.8) is 0 Å². The topological polar surface area (TPSA) is 3.24 Å². The van der Waals surface area contributed by atoms with Gasteiger partial charge in [-0.05, 0) is 42.5 Å². The van der Waals surface area contributed by atoms with E-state index in [-0.39, 0.29) is 5.82 Å². The highest BCUT2D eigenvalue weighted by atomic mass is 79.9. The van der Waals surface area contributed by atoms with E-state index in [1.54, 1.807) is 12.1 Å². The molecule has 1 aromatic carbocycles. The van der Waals surface area contributed by atoms with Gasteiger partial charge in [-0.1, -0.05) is 35.7 Å². The predicted molar refractivity (Wildman–Crippen MR) is 78.9 cm³/mol. The molecule has 2 rings (SSSR count). The van der Waals surface area contributed by atoms with E-state index in [4.69, 9.17) is 0 Å². The summed E-state index contributed by atoms with van der Waals surface area (Å²) in [6.45, 7) is 2.33. The van der Waals surface area contributed by atoms with Gasteiger partial charge in [0, 0.05) is 24.1 Å². The van der Waals surface area contributed by atoms with Crippen molar-refractivity contribution >= 4 is 21.6 Å². The highest BCUT2D eigenvalue weighted by molar-refractivity contribution is 9.08. The maximum Gasteiger partial charge on any atom is 0.123 e. The van der Waals surface area contributed by atoms with E-state index < -0.39 is 0 Å². The molecule has 1 saturated carbocycles. The van der Waals surface area contributed by atoms with Gasteiger partial charge in [0.2, 0.25) is 0 Å². The van der Waals surface area contributed by atoms with Gasteiger partial charge in [-0.25, -0.2) is 4.39 Å². The summed E-state index contributed by atoms with van der Waals surface area (Å²) in [7, 11) is 2.14. The maximum absolute atomic E-state index is 13.3. The van der Waals surface area contributed by atoms with E-state index in [9.17, 15) is 4.39 Å². The molecule has 0 aliphatic heterocycles. The minimum Gasteiger partial charge on any atom is -0.371 e. The first-order chi connectivity index (χ1) is 8.61. The second-order valence-corrected chi connectivity index (χ2v) is 6.00. The summed E-state index contributed by atoms with van der Waals surface area (Å²) in [6, 6.07) is 5.69. The molecule has 0 aromatic heterocycles. The van der Waals surface area contributed by atoms with Crippen LogP contribution >= 0.6 is 15.9 Å². The van der Waals surface area contributed by atoms with Crippen molar-refractivity contribution in [3.05, 3.63) is 29.6 Å². The van der Waals surface area contributed by atoms with Crippen LogP contribution in [0.15, 0.2) is 18.2 Å². The van der Waals surface area contributed by atoms with Crippen LogP contribution in [0.25, 0.3) is 0 Å². The zero-order valence-electron chi connectivity index (χ0n) is 11.1. The Hall–Kier alpha value is -0.570. The molecule has 0 saturated heterocycles. The third kappa shape index (κ3) is 3.05. The molecule has 0 N–H and O–H groups in total. The van der Waals surface area contributed by atoms with Crippen LogP contribution in [-0.4, -0.2) is 13.1 Å². The first kappa shape index (κ1) is 13.9. The largest absolute Gasteiger partial charge is 0.371 e. The highest BCUT2D eigenvalue weighted by Gasteiger charge is 2.23. The average molecular weight is 314 g/mol. The van der Waals surface area contributed by atoms with E-state index in [1.165, 1.54) is 25.7 Å². The molecule has 3 heteroatoms. The number of hydrogen-bond acceptors (Lipinski definition) is 1. The fourth-order valence-electron chi connectivity index (χ4n) is 2.96. The van der Waals surface area contributed by atoms with E-state index in [0.29, 0.717) is 11.4 Å². The third-order valence-electron chi connectivity index (χ3n) is 4.02. The minimum absolute atomic E-state index is 0.154. The Morgan fingerprint density at radius 3 is 2.83 bits per heavy atom. The lowest BCUT2D eigenvalue weighted by Gasteiger charge is -2.36. The summed E-state index contributed by atoms with van der Waals surface area (Å²) in [6.07, 6.45) is 5.15. The Morgan fingerprint density at radius 2 is 2.17 bits per heavy atom. The van der Waals surface area contributed by atoms with Crippen molar-refractivity contribution in [3.8, 4) is 0 Å². The lowest BCUT2D eigenvalue weighted by Crippen LogP contribution is -2.36.